The lowest BCUT2D eigenvalue weighted by Gasteiger charge is -2.21. The van der Waals surface area contributed by atoms with Crippen LogP contribution in [0.25, 0.3) is 0 Å². The van der Waals surface area contributed by atoms with Gasteiger partial charge in [-0.1, -0.05) is 0 Å². The first kappa shape index (κ1) is 14.7. The molecule has 0 radical (unpaired) electrons. The maximum Gasteiger partial charge on any atom is 0.251 e. The lowest BCUT2D eigenvalue weighted by atomic mass is 10.1. The fourth-order valence-electron chi connectivity index (χ4n) is 1.50. The largest absolute Gasteiger partial charge is 0.506 e. The van der Waals surface area contributed by atoms with Gasteiger partial charge in [-0.3, -0.25) is 4.79 Å². The molecular weight excluding hydrogens is 252 g/mol. The van der Waals surface area contributed by atoms with Crippen molar-refractivity contribution < 1.29 is 15.0 Å². The molecule has 0 aliphatic carbocycles. The molecule has 0 saturated carbocycles. The highest BCUT2D eigenvalue weighted by atomic mass is 32.2. The summed E-state index contributed by atoms with van der Waals surface area (Å²) in [6.45, 7) is 1.82. The van der Waals surface area contributed by atoms with Crippen LogP contribution in [-0.2, 0) is 0 Å². The number of carbonyl (C=O) groups excluding carboxylic acids is 1. The number of carbonyl (C=O) groups is 1. The Morgan fingerprint density at radius 1 is 1.56 bits per heavy atom. The third-order valence-corrected chi connectivity index (χ3v) is 3.85. The number of aliphatic hydroxyl groups excluding tert-OH is 1. The van der Waals surface area contributed by atoms with Crippen LogP contribution in [0, 0.1) is 0 Å². The monoisotopic (exact) mass is 270 g/mol. The molecule has 2 unspecified atom stereocenters. The average molecular weight is 270 g/mol. The van der Waals surface area contributed by atoms with Crippen molar-refractivity contribution in [3.8, 4) is 5.75 Å². The summed E-state index contributed by atoms with van der Waals surface area (Å²) in [5, 5.41) is 21.3. The first-order chi connectivity index (χ1) is 8.49. The van der Waals surface area contributed by atoms with Gasteiger partial charge in [-0.2, -0.15) is 11.8 Å². The van der Waals surface area contributed by atoms with E-state index in [2.05, 4.69) is 5.32 Å². The first-order valence-electron chi connectivity index (χ1n) is 5.52. The number of phenols is 1. The van der Waals surface area contributed by atoms with Crippen LogP contribution in [0.15, 0.2) is 18.2 Å². The summed E-state index contributed by atoms with van der Waals surface area (Å²) in [6.07, 6.45) is 1.87. The molecule has 0 saturated heterocycles. The van der Waals surface area contributed by atoms with Crippen LogP contribution >= 0.6 is 11.8 Å². The molecule has 0 aromatic heterocycles. The average Bonchev–Trinajstić information content (AvgIpc) is 2.34. The number of aliphatic hydroxyl groups is 1. The zero-order valence-electron chi connectivity index (χ0n) is 10.4. The van der Waals surface area contributed by atoms with Crippen LogP contribution in [0.5, 0.6) is 5.75 Å². The van der Waals surface area contributed by atoms with Gasteiger partial charge in [0.15, 0.2) is 0 Å². The van der Waals surface area contributed by atoms with Gasteiger partial charge in [0.05, 0.1) is 12.3 Å². The summed E-state index contributed by atoms with van der Waals surface area (Å²) in [5.74, 6) is -0.413. The van der Waals surface area contributed by atoms with Gasteiger partial charge in [0.1, 0.15) is 5.75 Å². The number of anilines is 1. The molecule has 5 nitrogen and oxygen atoms in total. The Morgan fingerprint density at radius 3 is 2.72 bits per heavy atom. The van der Waals surface area contributed by atoms with Crippen molar-refractivity contribution in [3.05, 3.63) is 23.8 Å². The van der Waals surface area contributed by atoms with Crippen molar-refractivity contribution in [2.45, 2.75) is 18.2 Å². The van der Waals surface area contributed by atoms with E-state index in [1.807, 2.05) is 13.2 Å². The Morgan fingerprint density at radius 2 is 2.22 bits per heavy atom. The molecule has 6 heteroatoms. The number of amides is 1. The van der Waals surface area contributed by atoms with E-state index in [-0.39, 0.29) is 35.2 Å². The van der Waals surface area contributed by atoms with E-state index < -0.39 is 0 Å². The van der Waals surface area contributed by atoms with Crippen molar-refractivity contribution in [1.82, 2.24) is 5.32 Å². The van der Waals surface area contributed by atoms with Gasteiger partial charge in [0, 0.05) is 16.9 Å². The Labute approximate surface area is 110 Å². The summed E-state index contributed by atoms with van der Waals surface area (Å²) < 4.78 is 0. The van der Waals surface area contributed by atoms with Crippen molar-refractivity contribution in [1.29, 1.82) is 0 Å². The van der Waals surface area contributed by atoms with Crippen molar-refractivity contribution in [2.24, 2.45) is 0 Å². The molecule has 0 fully saturated rings. The molecule has 1 aromatic carbocycles. The van der Waals surface area contributed by atoms with Crippen LogP contribution < -0.4 is 11.1 Å². The number of thioether (sulfide) groups is 1. The summed E-state index contributed by atoms with van der Waals surface area (Å²) in [5.41, 5.74) is 6.04. The molecule has 100 valence electrons. The van der Waals surface area contributed by atoms with Gasteiger partial charge in [-0.15, -0.1) is 0 Å². The molecule has 1 aromatic rings. The molecule has 0 bridgehead atoms. The van der Waals surface area contributed by atoms with Crippen molar-refractivity contribution >= 4 is 23.4 Å². The predicted octanol–water partition coefficient (Wildman–Crippen LogP) is 0.817. The minimum absolute atomic E-state index is 0.00436. The quantitative estimate of drug-likeness (QED) is 0.469. The number of rotatable bonds is 5. The van der Waals surface area contributed by atoms with E-state index in [9.17, 15) is 9.90 Å². The zero-order chi connectivity index (χ0) is 13.7. The minimum Gasteiger partial charge on any atom is -0.506 e. The fourth-order valence-corrected chi connectivity index (χ4v) is 2.13. The van der Waals surface area contributed by atoms with E-state index in [0.29, 0.717) is 5.56 Å². The predicted molar refractivity (Wildman–Crippen MR) is 73.8 cm³/mol. The number of nitrogen functional groups attached to an aromatic ring is 1. The molecule has 2 atom stereocenters. The number of hydrogen-bond donors (Lipinski definition) is 4. The number of benzene rings is 1. The molecule has 0 spiro atoms. The van der Waals surface area contributed by atoms with Crippen LogP contribution in [0.2, 0.25) is 0 Å². The number of nitrogens with two attached hydrogens (primary N) is 1. The molecular formula is C12H18N2O3S. The van der Waals surface area contributed by atoms with Gasteiger partial charge in [0.25, 0.3) is 5.91 Å². The van der Waals surface area contributed by atoms with E-state index in [1.54, 1.807) is 6.07 Å². The molecule has 1 amide bonds. The molecule has 5 N–H and O–H groups in total. The number of phenolic OH excluding ortho intramolecular Hbond substituents is 1. The SMILES string of the molecule is CSC(CO)C(C)NC(=O)c1ccc(N)c(O)c1. The minimum atomic E-state index is -0.301. The normalized spacial score (nSPS) is 13.9. The van der Waals surface area contributed by atoms with Gasteiger partial charge >= 0.3 is 0 Å². The Hall–Kier alpha value is -1.40. The third kappa shape index (κ3) is 3.54. The second-order valence-corrected chi connectivity index (χ2v) is 5.07. The number of hydrogen-bond acceptors (Lipinski definition) is 5. The van der Waals surface area contributed by atoms with Crippen LogP contribution in [0.4, 0.5) is 5.69 Å². The highest BCUT2D eigenvalue weighted by Gasteiger charge is 2.18. The summed E-state index contributed by atoms with van der Waals surface area (Å²) in [6, 6.07) is 4.18. The standard InChI is InChI=1S/C12H18N2O3S/c1-7(11(6-15)18-2)14-12(17)8-3-4-9(13)10(16)5-8/h3-5,7,11,15-16H,6,13H2,1-2H3,(H,14,17). The zero-order valence-corrected chi connectivity index (χ0v) is 11.2. The van der Waals surface area contributed by atoms with Crippen LogP contribution in [0.1, 0.15) is 17.3 Å². The van der Waals surface area contributed by atoms with Gasteiger partial charge in [0.2, 0.25) is 0 Å². The van der Waals surface area contributed by atoms with E-state index in [0.717, 1.165) is 0 Å². The maximum atomic E-state index is 11.9. The summed E-state index contributed by atoms with van der Waals surface area (Å²) in [7, 11) is 0. The highest BCUT2D eigenvalue weighted by Crippen LogP contribution is 2.20. The molecule has 0 heterocycles. The lowest BCUT2D eigenvalue weighted by Crippen LogP contribution is -2.41. The topological polar surface area (TPSA) is 95.6 Å². The van der Waals surface area contributed by atoms with Gasteiger partial charge < -0.3 is 21.3 Å². The Kier molecular flexibility index (Phi) is 5.30. The number of aromatic hydroxyl groups is 1. The molecule has 0 aliphatic rings. The van der Waals surface area contributed by atoms with Gasteiger partial charge in [-0.05, 0) is 31.4 Å². The lowest BCUT2D eigenvalue weighted by molar-refractivity contribution is 0.0935. The molecule has 0 aliphatic heterocycles. The second-order valence-electron chi connectivity index (χ2n) is 3.99. The van der Waals surface area contributed by atoms with E-state index >= 15 is 0 Å². The highest BCUT2D eigenvalue weighted by molar-refractivity contribution is 7.99. The van der Waals surface area contributed by atoms with Crippen LogP contribution in [-0.4, -0.2) is 40.3 Å². The van der Waals surface area contributed by atoms with Gasteiger partial charge in [-0.25, -0.2) is 0 Å². The second kappa shape index (κ2) is 6.51. The molecule has 1 rings (SSSR count). The Balaban J connectivity index is 2.73. The maximum absolute atomic E-state index is 11.9. The fraction of sp³-hybridized carbons (Fsp3) is 0.417. The Bertz CT molecular complexity index is 422. The summed E-state index contributed by atoms with van der Waals surface area (Å²) in [4.78, 5) is 11.9. The van der Waals surface area contributed by atoms with Crippen molar-refractivity contribution in [3.63, 3.8) is 0 Å². The smallest absolute Gasteiger partial charge is 0.251 e. The van der Waals surface area contributed by atoms with E-state index in [4.69, 9.17) is 10.8 Å². The molecule has 18 heavy (non-hydrogen) atoms. The number of nitrogens with one attached hydrogen (secondary N) is 1. The van der Waals surface area contributed by atoms with Crippen LogP contribution in [0.3, 0.4) is 0 Å². The van der Waals surface area contributed by atoms with Crippen molar-refractivity contribution in [2.75, 3.05) is 18.6 Å². The first-order valence-corrected chi connectivity index (χ1v) is 6.81. The third-order valence-electron chi connectivity index (χ3n) is 2.69. The summed E-state index contributed by atoms with van der Waals surface area (Å²) >= 11 is 1.49. The van der Waals surface area contributed by atoms with E-state index in [1.165, 1.54) is 23.9 Å².